The molecular weight excluding hydrogens is 304 g/mol. The van der Waals surface area contributed by atoms with Crippen molar-refractivity contribution in [3.63, 3.8) is 0 Å². The van der Waals surface area contributed by atoms with Crippen molar-refractivity contribution < 1.29 is 9.59 Å². The van der Waals surface area contributed by atoms with Crippen LogP contribution in [0.2, 0.25) is 0 Å². The number of likely N-dealkylation sites (N-methyl/N-ethyl adjacent to an activating group) is 2. The molecule has 0 aliphatic carbocycles. The second-order valence-corrected chi connectivity index (χ2v) is 6.51. The van der Waals surface area contributed by atoms with Gasteiger partial charge in [-0.2, -0.15) is 0 Å². The minimum atomic E-state index is -0.0784. The third-order valence-electron chi connectivity index (χ3n) is 3.64. The van der Waals surface area contributed by atoms with Crippen LogP contribution in [-0.2, 0) is 11.3 Å². The van der Waals surface area contributed by atoms with Crippen LogP contribution in [0.15, 0.2) is 24.3 Å². The van der Waals surface area contributed by atoms with Crippen LogP contribution in [0.1, 0.15) is 22.8 Å². The molecule has 1 aromatic rings. The molecule has 0 aliphatic rings. The predicted molar refractivity (Wildman–Crippen MR) is 97.0 cm³/mol. The minimum Gasteiger partial charge on any atom is -0.352 e. The van der Waals surface area contributed by atoms with Gasteiger partial charge in [-0.3, -0.25) is 9.59 Å². The van der Waals surface area contributed by atoms with Crippen LogP contribution in [-0.4, -0.2) is 80.9 Å². The first kappa shape index (κ1) is 20.1. The molecule has 0 bridgehead atoms. The summed E-state index contributed by atoms with van der Waals surface area (Å²) in [4.78, 5) is 29.9. The Morgan fingerprint density at radius 3 is 2.04 bits per heavy atom. The van der Waals surface area contributed by atoms with E-state index in [1.807, 2.05) is 57.4 Å². The highest BCUT2D eigenvalue weighted by molar-refractivity contribution is 5.94. The number of carbonyl (C=O) groups is 2. The molecule has 0 saturated heterocycles. The molecule has 6 nitrogen and oxygen atoms in total. The van der Waals surface area contributed by atoms with Gasteiger partial charge in [-0.25, -0.2) is 0 Å². The Morgan fingerprint density at radius 2 is 1.54 bits per heavy atom. The number of rotatable bonds is 9. The van der Waals surface area contributed by atoms with Crippen molar-refractivity contribution in [1.29, 1.82) is 0 Å². The summed E-state index contributed by atoms with van der Waals surface area (Å²) in [6.45, 7) is 4.95. The van der Waals surface area contributed by atoms with Crippen molar-refractivity contribution in [2.24, 2.45) is 0 Å². The Bertz CT molecular complexity index is 532. The third kappa shape index (κ3) is 7.57. The van der Waals surface area contributed by atoms with E-state index in [1.54, 1.807) is 0 Å². The number of nitrogens with one attached hydrogen (secondary N) is 1. The quantitative estimate of drug-likeness (QED) is 0.729. The van der Waals surface area contributed by atoms with Gasteiger partial charge in [0.25, 0.3) is 5.91 Å². The average molecular weight is 334 g/mol. The van der Waals surface area contributed by atoms with Gasteiger partial charge in [0.2, 0.25) is 5.91 Å². The first-order valence-electron chi connectivity index (χ1n) is 8.21. The topological polar surface area (TPSA) is 55.9 Å². The van der Waals surface area contributed by atoms with Gasteiger partial charge < -0.3 is 20.0 Å². The SMILES string of the molecule is CC(=O)NCc1cccc(C(=O)N(CCN(C)C)CCN(C)C)c1. The largest absolute Gasteiger partial charge is 0.352 e. The second kappa shape index (κ2) is 10.1. The Morgan fingerprint density at radius 1 is 0.958 bits per heavy atom. The highest BCUT2D eigenvalue weighted by Crippen LogP contribution is 2.09. The summed E-state index contributed by atoms with van der Waals surface area (Å²) < 4.78 is 0. The Hall–Kier alpha value is -1.92. The maximum atomic E-state index is 12.9. The summed E-state index contributed by atoms with van der Waals surface area (Å²) in [5.41, 5.74) is 1.59. The normalized spacial score (nSPS) is 11.0. The first-order valence-corrected chi connectivity index (χ1v) is 8.21. The Kier molecular flexibility index (Phi) is 8.43. The molecule has 24 heavy (non-hydrogen) atoms. The number of carbonyl (C=O) groups excluding carboxylic acids is 2. The van der Waals surface area contributed by atoms with E-state index in [2.05, 4.69) is 15.1 Å². The van der Waals surface area contributed by atoms with Crippen LogP contribution in [0, 0.1) is 0 Å². The zero-order valence-electron chi connectivity index (χ0n) is 15.5. The van der Waals surface area contributed by atoms with E-state index in [-0.39, 0.29) is 11.8 Å². The predicted octanol–water partition coefficient (Wildman–Crippen LogP) is 0.888. The molecule has 2 amide bonds. The maximum Gasteiger partial charge on any atom is 0.253 e. The van der Waals surface area contributed by atoms with Gasteiger partial charge in [0.1, 0.15) is 0 Å². The summed E-state index contributed by atoms with van der Waals surface area (Å²) in [7, 11) is 8.01. The van der Waals surface area contributed by atoms with Crippen molar-refractivity contribution in [2.75, 3.05) is 54.4 Å². The molecule has 0 aliphatic heterocycles. The molecule has 1 N–H and O–H groups in total. The molecule has 134 valence electrons. The van der Waals surface area contributed by atoms with Crippen molar-refractivity contribution >= 4 is 11.8 Å². The second-order valence-electron chi connectivity index (χ2n) is 6.51. The number of hydrogen-bond acceptors (Lipinski definition) is 4. The van der Waals surface area contributed by atoms with E-state index in [0.717, 1.165) is 18.7 Å². The third-order valence-corrected chi connectivity index (χ3v) is 3.64. The highest BCUT2D eigenvalue weighted by Gasteiger charge is 2.16. The van der Waals surface area contributed by atoms with Gasteiger partial charge >= 0.3 is 0 Å². The van der Waals surface area contributed by atoms with Crippen LogP contribution in [0.3, 0.4) is 0 Å². The van der Waals surface area contributed by atoms with E-state index in [0.29, 0.717) is 25.2 Å². The summed E-state index contributed by atoms with van der Waals surface area (Å²) in [5, 5.41) is 2.76. The molecule has 1 aromatic carbocycles. The summed E-state index contributed by atoms with van der Waals surface area (Å²) in [6, 6.07) is 7.46. The molecule has 0 fully saturated rings. The van der Waals surface area contributed by atoms with Gasteiger partial charge in [-0.05, 0) is 45.9 Å². The van der Waals surface area contributed by atoms with Gasteiger partial charge in [-0.1, -0.05) is 12.1 Å². The Balaban J connectivity index is 2.83. The van der Waals surface area contributed by atoms with Crippen molar-refractivity contribution in [3.8, 4) is 0 Å². The average Bonchev–Trinajstić information content (AvgIpc) is 2.52. The van der Waals surface area contributed by atoms with E-state index >= 15 is 0 Å². The van der Waals surface area contributed by atoms with Crippen molar-refractivity contribution in [3.05, 3.63) is 35.4 Å². The van der Waals surface area contributed by atoms with Gasteiger partial charge in [0, 0.05) is 45.2 Å². The van der Waals surface area contributed by atoms with Crippen LogP contribution in [0.25, 0.3) is 0 Å². The molecule has 0 spiro atoms. The monoisotopic (exact) mass is 334 g/mol. The summed E-state index contributed by atoms with van der Waals surface area (Å²) >= 11 is 0. The van der Waals surface area contributed by atoms with E-state index in [4.69, 9.17) is 0 Å². The molecule has 0 unspecified atom stereocenters. The maximum absolute atomic E-state index is 12.9. The number of hydrogen-bond donors (Lipinski definition) is 1. The van der Waals surface area contributed by atoms with Crippen LogP contribution < -0.4 is 5.32 Å². The van der Waals surface area contributed by atoms with Crippen LogP contribution in [0.4, 0.5) is 0 Å². The van der Waals surface area contributed by atoms with Gasteiger partial charge in [-0.15, -0.1) is 0 Å². The molecule has 1 rings (SSSR count). The molecular formula is C18H30N4O2. The smallest absolute Gasteiger partial charge is 0.253 e. The van der Waals surface area contributed by atoms with E-state index < -0.39 is 0 Å². The molecule has 6 heteroatoms. The minimum absolute atomic E-state index is 0.0309. The molecule has 0 aromatic heterocycles. The van der Waals surface area contributed by atoms with Crippen molar-refractivity contribution in [2.45, 2.75) is 13.5 Å². The van der Waals surface area contributed by atoms with Gasteiger partial charge in [0.05, 0.1) is 0 Å². The zero-order chi connectivity index (χ0) is 18.1. The lowest BCUT2D eigenvalue weighted by molar-refractivity contribution is -0.119. The lowest BCUT2D eigenvalue weighted by Crippen LogP contribution is -2.40. The molecule has 0 radical (unpaired) electrons. The lowest BCUT2D eigenvalue weighted by Gasteiger charge is -2.26. The highest BCUT2D eigenvalue weighted by atomic mass is 16.2. The molecule has 0 heterocycles. The molecule has 0 saturated carbocycles. The zero-order valence-corrected chi connectivity index (χ0v) is 15.5. The molecule has 0 atom stereocenters. The Labute approximate surface area is 145 Å². The fourth-order valence-electron chi connectivity index (χ4n) is 2.18. The summed E-state index contributed by atoms with van der Waals surface area (Å²) in [6.07, 6.45) is 0. The summed E-state index contributed by atoms with van der Waals surface area (Å²) in [5.74, 6) is -0.0475. The van der Waals surface area contributed by atoms with Gasteiger partial charge in [0.15, 0.2) is 0 Å². The number of nitrogens with zero attached hydrogens (tertiary/aromatic N) is 3. The van der Waals surface area contributed by atoms with Crippen LogP contribution >= 0.6 is 0 Å². The van der Waals surface area contributed by atoms with Crippen LogP contribution in [0.5, 0.6) is 0 Å². The number of benzene rings is 1. The van der Waals surface area contributed by atoms with E-state index in [1.165, 1.54) is 6.92 Å². The lowest BCUT2D eigenvalue weighted by atomic mass is 10.1. The fourth-order valence-corrected chi connectivity index (χ4v) is 2.18. The first-order chi connectivity index (χ1) is 11.3. The standard InChI is InChI=1S/C18H30N4O2/c1-15(23)19-14-16-7-6-8-17(13-16)18(24)22(11-9-20(2)3)12-10-21(4)5/h6-8,13H,9-12,14H2,1-5H3,(H,19,23). The van der Waals surface area contributed by atoms with Crippen molar-refractivity contribution in [1.82, 2.24) is 20.0 Å². The fraction of sp³-hybridized carbons (Fsp3) is 0.556. The van der Waals surface area contributed by atoms with E-state index in [9.17, 15) is 9.59 Å². The number of amides is 2.